The number of nitrogens with one attached hydrogen (secondary N) is 2. The van der Waals surface area contributed by atoms with Gasteiger partial charge in [0.15, 0.2) is 5.66 Å². The van der Waals surface area contributed by atoms with Crippen molar-refractivity contribution in [2.75, 3.05) is 13.1 Å². The van der Waals surface area contributed by atoms with Crippen LogP contribution in [0.2, 0.25) is 0 Å². The molecule has 0 bridgehead atoms. The van der Waals surface area contributed by atoms with E-state index in [9.17, 15) is 9.90 Å². The smallest absolute Gasteiger partial charge is 0.338 e. The Bertz CT molecular complexity index is 313. The molecule has 3 N–H and O–H groups in total. The standard InChI is InChI=1S/C22H46N2O2/c1-4-7-8-9-10-11-12-13-14-15-16-17-18-22(21(25)26,23-19-5-2)24-20-6-3/h23-24H,4-20H2,1-3H3,(H,25,26). The maximum Gasteiger partial charge on any atom is 0.338 e. The van der Waals surface area contributed by atoms with E-state index < -0.39 is 11.6 Å². The quantitative estimate of drug-likeness (QED) is 0.186. The molecule has 0 aliphatic carbocycles. The summed E-state index contributed by atoms with van der Waals surface area (Å²) in [5, 5.41) is 16.2. The molecule has 0 saturated carbocycles. The average Bonchev–Trinajstić information content (AvgIpc) is 2.64. The van der Waals surface area contributed by atoms with Crippen molar-refractivity contribution >= 4 is 5.97 Å². The van der Waals surface area contributed by atoms with Crippen LogP contribution >= 0.6 is 0 Å². The van der Waals surface area contributed by atoms with E-state index in [2.05, 4.69) is 31.4 Å². The summed E-state index contributed by atoms with van der Waals surface area (Å²) in [4.78, 5) is 11.8. The molecule has 0 fully saturated rings. The van der Waals surface area contributed by atoms with Crippen LogP contribution < -0.4 is 10.6 Å². The summed E-state index contributed by atoms with van der Waals surface area (Å²) >= 11 is 0. The Morgan fingerprint density at radius 1 is 0.654 bits per heavy atom. The van der Waals surface area contributed by atoms with E-state index in [0.29, 0.717) is 6.42 Å². The molecule has 0 amide bonds. The number of hydrogen-bond donors (Lipinski definition) is 3. The first kappa shape index (κ1) is 25.4. The molecule has 4 nitrogen and oxygen atoms in total. The lowest BCUT2D eigenvalue weighted by molar-refractivity contribution is -0.147. The molecule has 0 spiro atoms. The van der Waals surface area contributed by atoms with Crippen molar-refractivity contribution in [3.05, 3.63) is 0 Å². The fourth-order valence-corrected chi connectivity index (χ4v) is 3.41. The number of carboxylic acids is 1. The van der Waals surface area contributed by atoms with Gasteiger partial charge in [0, 0.05) is 0 Å². The van der Waals surface area contributed by atoms with Crippen LogP contribution in [0.25, 0.3) is 0 Å². The van der Waals surface area contributed by atoms with Gasteiger partial charge in [0.1, 0.15) is 0 Å². The Labute approximate surface area is 162 Å². The molecule has 0 aromatic carbocycles. The van der Waals surface area contributed by atoms with Gasteiger partial charge in [0.25, 0.3) is 0 Å². The van der Waals surface area contributed by atoms with E-state index in [4.69, 9.17) is 0 Å². The lowest BCUT2D eigenvalue weighted by Crippen LogP contribution is -2.62. The van der Waals surface area contributed by atoms with Crippen LogP contribution in [0, 0.1) is 0 Å². The summed E-state index contributed by atoms with van der Waals surface area (Å²) in [6, 6.07) is 0. The van der Waals surface area contributed by atoms with Gasteiger partial charge in [0.2, 0.25) is 0 Å². The van der Waals surface area contributed by atoms with Crippen LogP contribution in [0.3, 0.4) is 0 Å². The van der Waals surface area contributed by atoms with Gasteiger partial charge < -0.3 is 5.11 Å². The zero-order valence-electron chi connectivity index (χ0n) is 17.9. The second kappa shape index (κ2) is 17.8. The van der Waals surface area contributed by atoms with Crippen LogP contribution in [0.1, 0.15) is 117 Å². The van der Waals surface area contributed by atoms with Crippen molar-refractivity contribution in [1.29, 1.82) is 0 Å². The molecule has 0 aliphatic rings. The summed E-state index contributed by atoms with van der Waals surface area (Å²) in [6.45, 7) is 7.88. The van der Waals surface area contributed by atoms with Gasteiger partial charge in [-0.05, 0) is 38.8 Å². The van der Waals surface area contributed by atoms with Crippen molar-refractivity contribution in [3.8, 4) is 0 Å². The van der Waals surface area contributed by atoms with Gasteiger partial charge in [-0.15, -0.1) is 0 Å². The van der Waals surface area contributed by atoms with E-state index in [1.165, 1.54) is 64.2 Å². The molecular weight excluding hydrogens is 324 g/mol. The Hall–Kier alpha value is -0.610. The number of carbonyl (C=O) groups is 1. The van der Waals surface area contributed by atoms with E-state index in [1.807, 2.05) is 0 Å². The molecule has 0 aromatic rings. The summed E-state index contributed by atoms with van der Waals surface area (Å²) in [7, 11) is 0. The number of carboxylic acid groups (broad SMARTS) is 1. The Balaban J connectivity index is 3.85. The number of unbranched alkanes of at least 4 members (excludes halogenated alkanes) is 11. The highest BCUT2D eigenvalue weighted by Crippen LogP contribution is 2.16. The monoisotopic (exact) mass is 370 g/mol. The third-order valence-electron chi connectivity index (χ3n) is 5.12. The maximum absolute atomic E-state index is 11.8. The Morgan fingerprint density at radius 2 is 1.04 bits per heavy atom. The Morgan fingerprint density at radius 3 is 1.38 bits per heavy atom. The maximum atomic E-state index is 11.8. The van der Waals surface area contributed by atoms with Crippen molar-refractivity contribution in [3.63, 3.8) is 0 Å². The molecule has 0 heterocycles. The van der Waals surface area contributed by atoms with Gasteiger partial charge in [-0.3, -0.25) is 10.6 Å². The largest absolute Gasteiger partial charge is 0.479 e. The molecule has 0 aliphatic heterocycles. The topological polar surface area (TPSA) is 61.4 Å². The molecule has 156 valence electrons. The van der Waals surface area contributed by atoms with Crippen molar-refractivity contribution in [2.24, 2.45) is 0 Å². The van der Waals surface area contributed by atoms with E-state index in [-0.39, 0.29) is 0 Å². The molecule has 0 aromatic heterocycles. The van der Waals surface area contributed by atoms with Crippen LogP contribution in [-0.4, -0.2) is 29.8 Å². The summed E-state index contributed by atoms with van der Waals surface area (Å²) < 4.78 is 0. The highest BCUT2D eigenvalue weighted by atomic mass is 16.4. The van der Waals surface area contributed by atoms with Crippen molar-refractivity contribution < 1.29 is 9.90 Å². The molecule has 0 saturated heterocycles. The summed E-state index contributed by atoms with van der Waals surface area (Å²) in [6.07, 6.45) is 18.2. The van der Waals surface area contributed by atoms with Crippen LogP contribution in [0.5, 0.6) is 0 Å². The summed E-state index contributed by atoms with van der Waals surface area (Å²) in [5.74, 6) is -0.762. The van der Waals surface area contributed by atoms with E-state index in [0.717, 1.165) is 38.8 Å². The second-order valence-electron chi connectivity index (χ2n) is 7.70. The minimum Gasteiger partial charge on any atom is -0.479 e. The normalized spacial score (nSPS) is 11.8. The molecule has 0 atom stereocenters. The summed E-state index contributed by atoms with van der Waals surface area (Å²) in [5.41, 5.74) is -0.940. The van der Waals surface area contributed by atoms with Gasteiger partial charge in [-0.25, -0.2) is 4.79 Å². The fraction of sp³-hybridized carbons (Fsp3) is 0.955. The number of aliphatic carboxylic acids is 1. The minimum absolute atomic E-state index is 0.666. The minimum atomic E-state index is -0.940. The number of rotatable bonds is 20. The van der Waals surface area contributed by atoms with Gasteiger partial charge in [0.05, 0.1) is 0 Å². The van der Waals surface area contributed by atoms with Crippen LogP contribution in [0.4, 0.5) is 0 Å². The van der Waals surface area contributed by atoms with E-state index in [1.54, 1.807) is 0 Å². The zero-order valence-corrected chi connectivity index (χ0v) is 17.9. The van der Waals surface area contributed by atoms with Gasteiger partial charge >= 0.3 is 5.97 Å². The van der Waals surface area contributed by atoms with Crippen molar-refractivity contribution in [1.82, 2.24) is 10.6 Å². The molecule has 0 unspecified atom stereocenters. The third-order valence-corrected chi connectivity index (χ3v) is 5.12. The third kappa shape index (κ3) is 12.7. The zero-order chi connectivity index (χ0) is 19.5. The molecular formula is C22H46N2O2. The highest BCUT2D eigenvalue weighted by molar-refractivity contribution is 5.78. The molecule has 26 heavy (non-hydrogen) atoms. The first-order valence-electron chi connectivity index (χ1n) is 11.4. The molecule has 0 radical (unpaired) electrons. The number of hydrogen-bond acceptors (Lipinski definition) is 3. The Kier molecular flexibility index (Phi) is 17.4. The van der Waals surface area contributed by atoms with Gasteiger partial charge in [-0.1, -0.05) is 91.4 Å². The first-order chi connectivity index (χ1) is 12.6. The SMILES string of the molecule is CCCCCCCCCCCCCCC(NCCC)(NCCC)C(=O)O. The second-order valence-corrected chi connectivity index (χ2v) is 7.70. The first-order valence-corrected chi connectivity index (χ1v) is 11.4. The van der Waals surface area contributed by atoms with Crippen LogP contribution in [-0.2, 0) is 4.79 Å². The lowest BCUT2D eigenvalue weighted by Gasteiger charge is -2.32. The predicted octanol–water partition coefficient (Wildman–Crippen LogP) is 5.86. The van der Waals surface area contributed by atoms with Gasteiger partial charge in [-0.2, -0.15) is 0 Å². The highest BCUT2D eigenvalue weighted by Gasteiger charge is 2.36. The lowest BCUT2D eigenvalue weighted by atomic mass is 9.99. The predicted molar refractivity (Wildman–Crippen MR) is 113 cm³/mol. The van der Waals surface area contributed by atoms with E-state index >= 15 is 0 Å². The molecule has 4 heteroatoms. The van der Waals surface area contributed by atoms with Crippen molar-refractivity contribution in [2.45, 2.75) is 123 Å². The fourth-order valence-electron chi connectivity index (χ4n) is 3.41. The average molecular weight is 371 g/mol. The molecule has 0 rings (SSSR count). The van der Waals surface area contributed by atoms with Crippen LogP contribution in [0.15, 0.2) is 0 Å².